The Morgan fingerprint density at radius 1 is 1.47 bits per heavy atom. The number of likely N-dealkylation sites (N-methyl/N-ethyl adjacent to an activating group) is 1. The normalized spacial score (nSPS) is 10.3. The summed E-state index contributed by atoms with van der Waals surface area (Å²) in [6, 6.07) is 7.72. The molecule has 0 heterocycles. The lowest BCUT2D eigenvalue weighted by atomic mass is 10.2. The molecule has 15 heavy (non-hydrogen) atoms. The van der Waals surface area contributed by atoms with Gasteiger partial charge in [-0.15, -0.1) is 0 Å². The molecule has 0 atom stereocenters. The fourth-order valence-electron chi connectivity index (χ4n) is 1.45. The van der Waals surface area contributed by atoms with E-state index in [0.29, 0.717) is 6.54 Å². The zero-order chi connectivity index (χ0) is 11.3. The first-order valence-corrected chi connectivity index (χ1v) is 4.72. The number of amides is 1. The summed E-state index contributed by atoms with van der Waals surface area (Å²) in [6.45, 7) is 0.894. The fraction of sp³-hybridized carbons (Fsp3) is 0.364. The van der Waals surface area contributed by atoms with Gasteiger partial charge in [-0.2, -0.15) is 0 Å². The third-order valence-electron chi connectivity index (χ3n) is 2.06. The Kier molecular flexibility index (Phi) is 4.12. The third kappa shape index (κ3) is 3.59. The van der Waals surface area contributed by atoms with Gasteiger partial charge in [-0.3, -0.25) is 9.69 Å². The lowest BCUT2D eigenvalue weighted by Crippen LogP contribution is -2.30. The molecule has 1 aromatic carbocycles. The van der Waals surface area contributed by atoms with Crippen molar-refractivity contribution in [2.45, 2.75) is 6.54 Å². The second kappa shape index (κ2) is 5.36. The number of primary amides is 1. The van der Waals surface area contributed by atoms with Gasteiger partial charge in [0.25, 0.3) is 0 Å². The number of methoxy groups -OCH3 is 1. The quantitative estimate of drug-likeness (QED) is 0.771. The molecule has 0 bridgehead atoms. The standard InChI is InChI=1S/C11H16N2O2/c1-13(8-11(12)14)7-9-5-3-4-6-10(9)15-2/h3-6H,7-8H2,1-2H3,(H2,12,14). The average molecular weight is 208 g/mol. The minimum absolute atomic E-state index is 0.248. The molecule has 1 rings (SSSR count). The Balaban J connectivity index is 2.67. The molecule has 1 aromatic rings. The van der Waals surface area contributed by atoms with Crippen molar-refractivity contribution >= 4 is 5.91 Å². The number of hydrogen-bond donors (Lipinski definition) is 1. The number of ether oxygens (including phenoxy) is 1. The van der Waals surface area contributed by atoms with Gasteiger partial charge in [-0.05, 0) is 13.1 Å². The van der Waals surface area contributed by atoms with Crippen LogP contribution in [0.25, 0.3) is 0 Å². The van der Waals surface area contributed by atoms with Gasteiger partial charge in [-0.25, -0.2) is 0 Å². The number of carbonyl (C=O) groups is 1. The van der Waals surface area contributed by atoms with E-state index in [1.54, 1.807) is 7.11 Å². The van der Waals surface area contributed by atoms with Gasteiger partial charge in [0.15, 0.2) is 0 Å². The summed E-state index contributed by atoms with van der Waals surface area (Å²) < 4.78 is 5.21. The molecule has 0 aliphatic rings. The maximum absolute atomic E-state index is 10.7. The van der Waals surface area contributed by atoms with Crippen molar-refractivity contribution in [3.8, 4) is 5.75 Å². The highest BCUT2D eigenvalue weighted by molar-refractivity contribution is 5.75. The summed E-state index contributed by atoms with van der Waals surface area (Å²) in [5, 5.41) is 0. The van der Waals surface area contributed by atoms with E-state index in [0.717, 1.165) is 11.3 Å². The van der Waals surface area contributed by atoms with E-state index in [4.69, 9.17) is 10.5 Å². The summed E-state index contributed by atoms with van der Waals surface area (Å²) in [6.07, 6.45) is 0. The number of carbonyl (C=O) groups excluding carboxylic acids is 1. The van der Waals surface area contributed by atoms with Crippen molar-refractivity contribution in [3.05, 3.63) is 29.8 Å². The van der Waals surface area contributed by atoms with Crippen molar-refractivity contribution in [1.29, 1.82) is 0 Å². The SMILES string of the molecule is COc1ccccc1CN(C)CC(N)=O. The van der Waals surface area contributed by atoms with E-state index in [-0.39, 0.29) is 12.5 Å². The Labute approximate surface area is 89.6 Å². The highest BCUT2D eigenvalue weighted by Crippen LogP contribution is 2.18. The van der Waals surface area contributed by atoms with E-state index in [2.05, 4.69) is 0 Å². The molecule has 0 saturated carbocycles. The van der Waals surface area contributed by atoms with Gasteiger partial charge in [0.1, 0.15) is 5.75 Å². The monoisotopic (exact) mass is 208 g/mol. The molecule has 4 heteroatoms. The first-order valence-electron chi connectivity index (χ1n) is 4.72. The number of hydrogen-bond acceptors (Lipinski definition) is 3. The van der Waals surface area contributed by atoms with Crippen LogP contribution in [0.1, 0.15) is 5.56 Å². The Morgan fingerprint density at radius 2 is 2.13 bits per heavy atom. The van der Waals surface area contributed by atoms with Gasteiger partial charge in [0.05, 0.1) is 13.7 Å². The molecule has 0 aliphatic carbocycles. The van der Waals surface area contributed by atoms with Crippen molar-refractivity contribution in [3.63, 3.8) is 0 Å². The van der Waals surface area contributed by atoms with Crippen LogP contribution >= 0.6 is 0 Å². The molecule has 0 radical (unpaired) electrons. The summed E-state index contributed by atoms with van der Waals surface area (Å²) in [4.78, 5) is 12.6. The largest absolute Gasteiger partial charge is 0.496 e. The molecular weight excluding hydrogens is 192 g/mol. The highest BCUT2D eigenvalue weighted by Gasteiger charge is 2.07. The summed E-state index contributed by atoms with van der Waals surface area (Å²) >= 11 is 0. The smallest absolute Gasteiger partial charge is 0.231 e. The van der Waals surface area contributed by atoms with E-state index in [1.165, 1.54) is 0 Å². The van der Waals surface area contributed by atoms with Crippen molar-refractivity contribution < 1.29 is 9.53 Å². The minimum atomic E-state index is -0.326. The van der Waals surface area contributed by atoms with Crippen LogP contribution in [0.15, 0.2) is 24.3 Å². The van der Waals surface area contributed by atoms with Crippen molar-refractivity contribution in [2.24, 2.45) is 5.73 Å². The van der Waals surface area contributed by atoms with E-state index >= 15 is 0 Å². The molecule has 0 aliphatic heterocycles. The molecule has 0 spiro atoms. The Hall–Kier alpha value is -1.55. The van der Waals surface area contributed by atoms with Gasteiger partial charge in [0, 0.05) is 12.1 Å². The van der Waals surface area contributed by atoms with E-state index < -0.39 is 0 Å². The van der Waals surface area contributed by atoms with Crippen LogP contribution < -0.4 is 10.5 Å². The minimum Gasteiger partial charge on any atom is -0.496 e. The summed E-state index contributed by atoms with van der Waals surface area (Å²) in [5.74, 6) is 0.501. The third-order valence-corrected chi connectivity index (χ3v) is 2.06. The number of benzene rings is 1. The van der Waals surface area contributed by atoms with E-state index in [1.807, 2.05) is 36.2 Å². The average Bonchev–Trinajstić information content (AvgIpc) is 2.17. The molecule has 0 unspecified atom stereocenters. The lowest BCUT2D eigenvalue weighted by molar-refractivity contribution is -0.118. The molecule has 82 valence electrons. The van der Waals surface area contributed by atoms with Crippen LogP contribution in [-0.4, -0.2) is 31.5 Å². The predicted octanol–water partition coefficient (Wildman–Crippen LogP) is 0.612. The van der Waals surface area contributed by atoms with Crippen LogP contribution in [0.4, 0.5) is 0 Å². The second-order valence-corrected chi connectivity index (χ2v) is 3.45. The van der Waals surface area contributed by atoms with Crippen LogP contribution in [0.2, 0.25) is 0 Å². The number of rotatable bonds is 5. The van der Waals surface area contributed by atoms with Crippen LogP contribution in [-0.2, 0) is 11.3 Å². The second-order valence-electron chi connectivity index (χ2n) is 3.45. The van der Waals surface area contributed by atoms with Crippen LogP contribution in [0.5, 0.6) is 5.75 Å². The number of nitrogens with two attached hydrogens (primary N) is 1. The van der Waals surface area contributed by atoms with Crippen LogP contribution in [0.3, 0.4) is 0 Å². The van der Waals surface area contributed by atoms with Crippen molar-refractivity contribution in [2.75, 3.05) is 20.7 Å². The van der Waals surface area contributed by atoms with E-state index in [9.17, 15) is 4.79 Å². The molecule has 4 nitrogen and oxygen atoms in total. The maximum atomic E-state index is 10.7. The maximum Gasteiger partial charge on any atom is 0.231 e. The Morgan fingerprint density at radius 3 is 2.73 bits per heavy atom. The number of nitrogens with zero attached hydrogens (tertiary/aromatic N) is 1. The molecular formula is C11H16N2O2. The zero-order valence-corrected chi connectivity index (χ0v) is 9.06. The fourth-order valence-corrected chi connectivity index (χ4v) is 1.45. The topological polar surface area (TPSA) is 55.6 Å². The Bertz CT molecular complexity index is 339. The molecule has 1 amide bonds. The first-order chi connectivity index (χ1) is 7.13. The van der Waals surface area contributed by atoms with Crippen molar-refractivity contribution in [1.82, 2.24) is 4.90 Å². The molecule has 2 N–H and O–H groups in total. The summed E-state index contributed by atoms with van der Waals surface area (Å²) in [5.41, 5.74) is 6.15. The zero-order valence-electron chi connectivity index (χ0n) is 9.06. The number of para-hydroxylation sites is 1. The first kappa shape index (κ1) is 11.5. The summed E-state index contributed by atoms with van der Waals surface area (Å²) in [7, 11) is 3.48. The molecule has 0 aromatic heterocycles. The van der Waals surface area contributed by atoms with Gasteiger partial charge >= 0.3 is 0 Å². The van der Waals surface area contributed by atoms with Gasteiger partial charge in [-0.1, -0.05) is 18.2 Å². The molecule has 0 saturated heterocycles. The van der Waals surface area contributed by atoms with Crippen LogP contribution in [0, 0.1) is 0 Å². The molecule has 0 fully saturated rings. The van der Waals surface area contributed by atoms with Gasteiger partial charge in [0.2, 0.25) is 5.91 Å². The predicted molar refractivity (Wildman–Crippen MR) is 58.5 cm³/mol. The lowest BCUT2D eigenvalue weighted by Gasteiger charge is -2.16. The van der Waals surface area contributed by atoms with Gasteiger partial charge < -0.3 is 10.5 Å². The highest BCUT2D eigenvalue weighted by atomic mass is 16.5.